The SMILES string of the molecule is CC(C)Oc1ccc(NC(=O)N(C)C(C)CO)c(F)c1. The third kappa shape index (κ3) is 4.38. The van der Waals surface area contributed by atoms with Crippen LogP contribution >= 0.6 is 0 Å². The summed E-state index contributed by atoms with van der Waals surface area (Å²) in [4.78, 5) is 13.1. The Morgan fingerprint density at radius 1 is 1.45 bits per heavy atom. The van der Waals surface area contributed by atoms with Gasteiger partial charge in [-0.3, -0.25) is 0 Å². The zero-order chi connectivity index (χ0) is 15.3. The van der Waals surface area contributed by atoms with E-state index in [2.05, 4.69) is 5.32 Å². The molecule has 5 nitrogen and oxygen atoms in total. The lowest BCUT2D eigenvalue weighted by Crippen LogP contribution is -2.40. The van der Waals surface area contributed by atoms with Crippen molar-refractivity contribution < 1.29 is 19.0 Å². The first-order chi connectivity index (χ1) is 9.35. The molecule has 20 heavy (non-hydrogen) atoms. The number of urea groups is 1. The van der Waals surface area contributed by atoms with Crippen LogP contribution in [0.1, 0.15) is 20.8 Å². The van der Waals surface area contributed by atoms with Gasteiger partial charge < -0.3 is 20.1 Å². The van der Waals surface area contributed by atoms with Crippen molar-refractivity contribution in [3.05, 3.63) is 24.0 Å². The number of rotatable bonds is 5. The Balaban J connectivity index is 2.76. The summed E-state index contributed by atoms with van der Waals surface area (Å²) in [5, 5.41) is 11.4. The van der Waals surface area contributed by atoms with Gasteiger partial charge in [0.25, 0.3) is 0 Å². The normalized spacial score (nSPS) is 12.2. The van der Waals surface area contributed by atoms with Gasteiger partial charge in [0.2, 0.25) is 0 Å². The van der Waals surface area contributed by atoms with E-state index in [0.29, 0.717) is 5.75 Å². The molecule has 0 spiro atoms. The van der Waals surface area contributed by atoms with Crippen LogP contribution in [0.15, 0.2) is 18.2 Å². The summed E-state index contributed by atoms with van der Waals surface area (Å²) in [7, 11) is 1.53. The van der Waals surface area contributed by atoms with Gasteiger partial charge in [-0.2, -0.15) is 0 Å². The Hall–Kier alpha value is -1.82. The van der Waals surface area contributed by atoms with E-state index >= 15 is 0 Å². The third-order valence-electron chi connectivity index (χ3n) is 2.80. The highest BCUT2D eigenvalue weighted by Gasteiger charge is 2.16. The Kier molecular flexibility index (Phi) is 5.76. The number of nitrogens with one attached hydrogen (secondary N) is 1. The van der Waals surface area contributed by atoms with E-state index in [1.165, 1.54) is 24.1 Å². The molecule has 112 valence electrons. The smallest absolute Gasteiger partial charge is 0.321 e. The molecule has 0 aliphatic rings. The number of aliphatic hydroxyl groups is 1. The van der Waals surface area contributed by atoms with Gasteiger partial charge in [0.15, 0.2) is 0 Å². The molecule has 1 unspecified atom stereocenters. The molecule has 1 atom stereocenters. The molecule has 0 aliphatic heterocycles. The van der Waals surface area contributed by atoms with E-state index in [4.69, 9.17) is 9.84 Å². The Bertz CT molecular complexity index is 466. The summed E-state index contributed by atoms with van der Waals surface area (Å²) >= 11 is 0. The van der Waals surface area contributed by atoms with Crippen LogP contribution in [0.5, 0.6) is 5.75 Å². The number of likely N-dealkylation sites (N-methyl/N-ethyl adjacent to an activating group) is 1. The standard InChI is InChI=1S/C14H21FN2O3/c1-9(2)20-11-5-6-13(12(15)7-11)16-14(19)17(4)10(3)8-18/h5-7,9-10,18H,8H2,1-4H3,(H,16,19). The first kappa shape index (κ1) is 16.2. The first-order valence-electron chi connectivity index (χ1n) is 6.46. The van der Waals surface area contributed by atoms with E-state index in [1.54, 1.807) is 13.0 Å². The Labute approximate surface area is 118 Å². The summed E-state index contributed by atoms with van der Waals surface area (Å²) in [5.41, 5.74) is 0.0723. The number of halogens is 1. The zero-order valence-corrected chi connectivity index (χ0v) is 12.2. The minimum Gasteiger partial charge on any atom is -0.491 e. The highest BCUT2D eigenvalue weighted by molar-refractivity contribution is 5.89. The average Bonchev–Trinajstić information content (AvgIpc) is 2.39. The molecule has 0 aromatic heterocycles. The Morgan fingerprint density at radius 2 is 2.10 bits per heavy atom. The summed E-state index contributed by atoms with van der Waals surface area (Å²) in [5.74, 6) is -0.158. The lowest BCUT2D eigenvalue weighted by molar-refractivity contribution is 0.166. The zero-order valence-electron chi connectivity index (χ0n) is 12.2. The van der Waals surface area contributed by atoms with Crippen molar-refractivity contribution in [2.24, 2.45) is 0 Å². The van der Waals surface area contributed by atoms with Crippen molar-refractivity contribution in [1.82, 2.24) is 4.90 Å². The molecule has 2 amide bonds. The van der Waals surface area contributed by atoms with Crippen molar-refractivity contribution in [3.63, 3.8) is 0 Å². The maximum absolute atomic E-state index is 13.8. The fourth-order valence-corrected chi connectivity index (χ4v) is 1.47. The van der Waals surface area contributed by atoms with Crippen molar-refractivity contribution in [2.75, 3.05) is 19.0 Å². The molecule has 0 fully saturated rings. The average molecular weight is 284 g/mol. The Morgan fingerprint density at radius 3 is 2.60 bits per heavy atom. The predicted octanol–water partition coefficient (Wildman–Crippen LogP) is 2.46. The van der Waals surface area contributed by atoms with Crippen LogP contribution in [0.2, 0.25) is 0 Å². The number of hydrogen-bond acceptors (Lipinski definition) is 3. The van der Waals surface area contributed by atoms with Crippen LogP contribution in [0.4, 0.5) is 14.9 Å². The lowest BCUT2D eigenvalue weighted by Gasteiger charge is -2.23. The number of carbonyl (C=O) groups is 1. The molecule has 1 aromatic rings. The molecule has 0 heterocycles. The number of ether oxygens (including phenoxy) is 1. The van der Waals surface area contributed by atoms with Crippen molar-refractivity contribution in [3.8, 4) is 5.75 Å². The summed E-state index contributed by atoms with van der Waals surface area (Å²) in [6, 6.07) is 3.44. The molecule has 6 heteroatoms. The van der Waals surface area contributed by atoms with E-state index in [1.807, 2.05) is 13.8 Å². The minimum atomic E-state index is -0.568. The first-order valence-corrected chi connectivity index (χ1v) is 6.46. The van der Waals surface area contributed by atoms with Gasteiger partial charge in [0.05, 0.1) is 24.4 Å². The molecule has 2 N–H and O–H groups in total. The lowest BCUT2D eigenvalue weighted by atomic mass is 10.2. The molecule has 0 saturated carbocycles. The number of benzene rings is 1. The number of carbonyl (C=O) groups excluding carboxylic acids is 1. The molecular weight excluding hydrogens is 263 g/mol. The fourth-order valence-electron chi connectivity index (χ4n) is 1.47. The van der Waals surface area contributed by atoms with E-state index < -0.39 is 11.8 Å². The molecule has 1 rings (SSSR count). The maximum atomic E-state index is 13.8. The van der Waals surface area contributed by atoms with Crippen LogP contribution < -0.4 is 10.1 Å². The quantitative estimate of drug-likeness (QED) is 0.873. The predicted molar refractivity (Wildman–Crippen MR) is 75.5 cm³/mol. The monoisotopic (exact) mass is 284 g/mol. The number of nitrogens with zero attached hydrogens (tertiary/aromatic N) is 1. The summed E-state index contributed by atoms with van der Waals surface area (Å²) < 4.78 is 19.2. The van der Waals surface area contributed by atoms with E-state index in [9.17, 15) is 9.18 Å². The topological polar surface area (TPSA) is 61.8 Å². The van der Waals surface area contributed by atoms with Gasteiger partial charge in [0, 0.05) is 13.1 Å². The highest BCUT2D eigenvalue weighted by atomic mass is 19.1. The van der Waals surface area contributed by atoms with E-state index in [-0.39, 0.29) is 24.4 Å². The molecule has 0 aliphatic carbocycles. The number of anilines is 1. The molecule has 1 aromatic carbocycles. The van der Waals surface area contributed by atoms with Gasteiger partial charge in [-0.25, -0.2) is 9.18 Å². The molecule has 0 saturated heterocycles. The second kappa shape index (κ2) is 7.09. The van der Waals surface area contributed by atoms with Crippen LogP contribution in [0.25, 0.3) is 0 Å². The minimum absolute atomic E-state index is 0.0496. The maximum Gasteiger partial charge on any atom is 0.321 e. The molecule has 0 bridgehead atoms. The molecule has 0 radical (unpaired) electrons. The van der Waals surface area contributed by atoms with E-state index in [0.717, 1.165) is 0 Å². The van der Waals surface area contributed by atoms with Gasteiger partial charge in [-0.05, 0) is 32.9 Å². The summed E-state index contributed by atoms with van der Waals surface area (Å²) in [6.07, 6.45) is -0.0496. The van der Waals surface area contributed by atoms with Crippen LogP contribution in [0, 0.1) is 5.82 Å². The van der Waals surface area contributed by atoms with Crippen molar-refractivity contribution in [2.45, 2.75) is 32.9 Å². The number of aliphatic hydroxyl groups excluding tert-OH is 1. The van der Waals surface area contributed by atoms with Crippen molar-refractivity contribution >= 4 is 11.7 Å². The van der Waals surface area contributed by atoms with Gasteiger partial charge in [0.1, 0.15) is 11.6 Å². The number of hydrogen-bond donors (Lipinski definition) is 2. The van der Waals surface area contributed by atoms with Crippen molar-refractivity contribution in [1.29, 1.82) is 0 Å². The van der Waals surface area contributed by atoms with Crippen LogP contribution in [0.3, 0.4) is 0 Å². The fraction of sp³-hybridized carbons (Fsp3) is 0.500. The molecular formula is C14H21FN2O3. The van der Waals surface area contributed by atoms with Gasteiger partial charge >= 0.3 is 6.03 Å². The number of amides is 2. The summed E-state index contributed by atoms with van der Waals surface area (Å²) in [6.45, 7) is 5.22. The van der Waals surface area contributed by atoms with Gasteiger partial charge in [-0.1, -0.05) is 0 Å². The van der Waals surface area contributed by atoms with Crippen LogP contribution in [-0.2, 0) is 0 Å². The largest absolute Gasteiger partial charge is 0.491 e. The van der Waals surface area contributed by atoms with Crippen LogP contribution in [-0.4, -0.2) is 41.8 Å². The second-order valence-corrected chi connectivity index (χ2v) is 4.88. The second-order valence-electron chi connectivity index (χ2n) is 4.88. The van der Waals surface area contributed by atoms with Gasteiger partial charge in [-0.15, -0.1) is 0 Å². The highest BCUT2D eigenvalue weighted by Crippen LogP contribution is 2.21. The third-order valence-corrected chi connectivity index (χ3v) is 2.80.